The van der Waals surface area contributed by atoms with Gasteiger partial charge in [-0.1, -0.05) is 0 Å². The van der Waals surface area contributed by atoms with Crippen molar-refractivity contribution in [3.8, 4) is 0 Å². The zero-order chi connectivity index (χ0) is 16.7. The highest BCUT2D eigenvalue weighted by molar-refractivity contribution is 5.93. The predicted molar refractivity (Wildman–Crippen MR) is 85.3 cm³/mol. The largest absolute Gasteiger partial charge is 0.375 e. The Hall–Kier alpha value is -1.50. The third-order valence-electron chi connectivity index (χ3n) is 5.85. The monoisotopic (exact) mass is 334 g/mol. The number of nitrogens with zero attached hydrogens (tertiary/aromatic N) is 1. The third-order valence-corrected chi connectivity index (χ3v) is 5.85. The molecule has 1 saturated heterocycles. The van der Waals surface area contributed by atoms with Crippen molar-refractivity contribution in [1.82, 2.24) is 10.4 Å². The van der Waals surface area contributed by atoms with Gasteiger partial charge in [-0.3, -0.25) is 14.9 Å². The van der Waals surface area contributed by atoms with Crippen molar-refractivity contribution >= 4 is 5.91 Å². The second kappa shape index (κ2) is 6.10. The van der Waals surface area contributed by atoms with E-state index in [4.69, 9.17) is 9.94 Å². The van der Waals surface area contributed by atoms with Gasteiger partial charge in [0.15, 0.2) is 0 Å². The van der Waals surface area contributed by atoms with Crippen LogP contribution in [-0.4, -0.2) is 40.8 Å². The van der Waals surface area contributed by atoms with Gasteiger partial charge in [0.05, 0.1) is 5.60 Å². The molecule has 0 radical (unpaired) electrons. The molecule has 2 heterocycles. The zero-order valence-electron chi connectivity index (χ0n) is 13.7. The minimum absolute atomic E-state index is 0.0881. The number of halogens is 1. The number of amides is 1. The predicted octanol–water partition coefficient (Wildman–Crippen LogP) is 2.40. The van der Waals surface area contributed by atoms with Crippen molar-refractivity contribution in [2.75, 3.05) is 13.2 Å². The van der Waals surface area contributed by atoms with Gasteiger partial charge in [0.2, 0.25) is 0 Å². The van der Waals surface area contributed by atoms with Gasteiger partial charge in [-0.25, -0.2) is 9.87 Å². The van der Waals surface area contributed by atoms with E-state index in [1.54, 1.807) is 11.5 Å². The van der Waals surface area contributed by atoms with E-state index in [2.05, 4.69) is 4.90 Å². The van der Waals surface area contributed by atoms with E-state index >= 15 is 0 Å². The van der Waals surface area contributed by atoms with Crippen LogP contribution < -0.4 is 5.48 Å². The summed E-state index contributed by atoms with van der Waals surface area (Å²) in [6.07, 6.45) is 6.40. The number of nitrogens with one attached hydrogen (secondary N) is 1. The highest BCUT2D eigenvalue weighted by Gasteiger charge is 2.48. The van der Waals surface area contributed by atoms with Crippen molar-refractivity contribution in [1.29, 1.82) is 0 Å². The van der Waals surface area contributed by atoms with Crippen molar-refractivity contribution in [3.05, 3.63) is 34.6 Å². The van der Waals surface area contributed by atoms with Gasteiger partial charge in [0.1, 0.15) is 5.82 Å². The Balaban J connectivity index is 1.46. The number of fused-ring (bicyclic) bond motifs is 1. The van der Waals surface area contributed by atoms with Gasteiger partial charge in [-0.15, -0.1) is 0 Å². The molecule has 24 heavy (non-hydrogen) atoms. The lowest BCUT2D eigenvalue weighted by Gasteiger charge is -2.54. The number of hydroxylamine groups is 1. The van der Waals surface area contributed by atoms with Crippen LogP contribution in [0.5, 0.6) is 0 Å². The van der Waals surface area contributed by atoms with E-state index in [-0.39, 0.29) is 17.0 Å². The third kappa shape index (κ3) is 2.72. The van der Waals surface area contributed by atoms with E-state index in [0.717, 1.165) is 44.4 Å². The minimum atomic E-state index is -0.672. The van der Waals surface area contributed by atoms with Crippen LogP contribution in [0.2, 0.25) is 0 Å². The SMILES string of the molecule is O=C(NO)c1cc(F)c2c(c1)CCN(C1CC3(CCCCO3)C1)C2. The fraction of sp³-hybridized carbons (Fsp3) is 0.611. The Morgan fingerprint density at radius 3 is 2.92 bits per heavy atom. The smallest absolute Gasteiger partial charge is 0.274 e. The first kappa shape index (κ1) is 16.0. The van der Waals surface area contributed by atoms with Crippen LogP contribution in [0.25, 0.3) is 0 Å². The highest BCUT2D eigenvalue weighted by Crippen LogP contribution is 2.45. The first-order valence-electron chi connectivity index (χ1n) is 8.74. The van der Waals surface area contributed by atoms with E-state index in [1.165, 1.54) is 18.9 Å². The van der Waals surface area contributed by atoms with E-state index < -0.39 is 5.91 Å². The lowest BCUT2D eigenvalue weighted by atomic mass is 9.70. The van der Waals surface area contributed by atoms with Gasteiger partial charge >= 0.3 is 0 Å². The fourth-order valence-corrected chi connectivity index (χ4v) is 4.44. The van der Waals surface area contributed by atoms with Crippen LogP contribution in [0.1, 0.15) is 53.6 Å². The summed E-state index contributed by atoms with van der Waals surface area (Å²) in [6, 6.07) is 3.37. The average Bonchev–Trinajstić information content (AvgIpc) is 2.59. The van der Waals surface area contributed by atoms with Crippen LogP contribution in [0, 0.1) is 5.82 Å². The normalized spacial score (nSPS) is 29.8. The number of benzene rings is 1. The summed E-state index contributed by atoms with van der Waals surface area (Å²) in [5.41, 5.74) is 3.37. The average molecular weight is 334 g/mol. The summed E-state index contributed by atoms with van der Waals surface area (Å²) in [4.78, 5) is 13.8. The lowest BCUT2D eigenvalue weighted by Crippen LogP contribution is -2.58. The van der Waals surface area contributed by atoms with Crippen LogP contribution in [-0.2, 0) is 17.7 Å². The number of ether oxygens (including phenoxy) is 1. The summed E-state index contributed by atoms with van der Waals surface area (Å²) < 4.78 is 20.4. The Labute approximate surface area is 140 Å². The molecule has 2 N–H and O–H groups in total. The van der Waals surface area contributed by atoms with Crippen LogP contribution in [0.4, 0.5) is 4.39 Å². The van der Waals surface area contributed by atoms with Gasteiger partial charge in [-0.2, -0.15) is 0 Å². The number of carbonyl (C=O) groups excluding carboxylic acids is 1. The summed E-state index contributed by atoms with van der Waals surface area (Å²) in [7, 11) is 0. The van der Waals surface area contributed by atoms with Gasteiger partial charge in [0.25, 0.3) is 5.91 Å². The van der Waals surface area contributed by atoms with Crippen LogP contribution in [0.3, 0.4) is 0 Å². The van der Waals surface area contributed by atoms with Gasteiger partial charge in [0, 0.05) is 36.9 Å². The molecular weight excluding hydrogens is 311 g/mol. The Morgan fingerprint density at radius 2 is 2.21 bits per heavy atom. The summed E-state index contributed by atoms with van der Waals surface area (Å²) in [5.74, 6) is -1.03. The number of carbonyl (C=O) groups is 1. The van der Waals surface area contributed by atoms with E-state index in [0.29, 0.717) is 18.2 Å². The molecule has 1 aliphatic carbocycles. The summed E-state index contributed by atoms with van der Waals surface area (Å²) in [6.45, 7) is 2.33. The summed E-state index contributed by atoms with van der Waals surface area (Å²) >= 11 is 0. The van der Waals surface area contributed by atoms with Gasteiger partial charge < -0.3 is 4.74 Å². The first-order valence-corrected chi connectivity index (χ1v) is 8.74. The first-order chi connectivity index (χ1) is 11.6. The fourth-order valence-electron chi connectivity index (χ4n) is 4.44. The molecule has 0 unspecified atom stereocenters. The molecule has 0 atom stereocenters. The Bertz CT molecular complexity index is 650. The van der Waals surface area contributed by atoms with E-state index in [9.17, 15) is 9.18 Å². The van der Waals surface area contributed by atoms with Gasteiger partial charge in [-0.05, 0) is 56.2 Å². The maximum Gasteiger partial charge on any atom is 0.274 e. The highest BCUT2D eigenvalue weighted by atomic mass is 19.1. The molecule has 0 bridgehead atoms. The molecule has 1 aromatic rings. The molecule has 2 aliphatic heterocycles. The second-order valence-corrected chi connectivity index (χ2v) is 7.31. The molecule has 130 valence electrons. The van der Waals surface area contributed by atoms with E-state index in [1.807, 2.05) is 0 Å². The molecular formula is C18H23FN2O3. The molecule has 0 aromatic heterocycles. The molecule has 4 rings (SSSR count). The molecule has 5 nitrogen and oxygen atoms in total. The van der Waals surface area contributed by atoms with Crippen LogP contribution in [0.15, 0.2) is 12.1 Å². The Kier molecular flexibility index (Phi) is 4.06. The number of hydrogen-bond donors (Lipinski definition) is 2. The molecule has 1 amide bonds. The van der Waals surface area contributed by atoms with Crippen molar-refractivity contribution in [3.63, 3.8) is 0 Å². The molecule has 1 aromatic carbocycles. The molecule has 1 saturated carbocycles. The second-order valence-electron chi connectivity index (χ2n) is 7.31. The Morgan fingerprint density at radius 1 is 1.38 bits per heavy atom. The number of rotatable bonds is 2. The summed E-state index contributed by atoms with van der Waals surface area (Å²) in [5, 5.41) is 8.72. The molecule has 6 heteroatoms. The quantitative estimate of drug-likeness (QED) is 0.644. The maximum atomic E-state index is 14.4. The van der Waals surface area contributed by atoms with Crippen molar-refractivity contribution in [2.24, 2.45) is 0 Å². The zero-order valence-corrected chi connectivity index (χ0v) is 13.7. The topological polar surface area (TPSA) is 61.8 Å². The lowest BCUT2D eigenvalue weighted by molar-refractivity contribution is -0.162. The molecule has 3 aliphatic rings. The molecule has 1 spiro atoms. The van der Waals surface area contributed by atoms with Crippen molar-refractivity contribution in [2.45, 2.75) is 56.7 Å². The minimum Gasteiger partial charge on any atom is -0.375 e. The molecule has 2 fully saturated rings. The standard InChI is InChI=1S/C18H23FN2O3/c19-16-8-13(17(22)20-23)7-12-3-5-21(11-15(12)16)14-9-18(10-14)4-1-2-6-24-18/h7-8,14,23H,1-6,9-11H2,(H,20,22). The van der Waals surface area contributed by atoms with Crippen LogP contribution >= 0.6 is 0 Å². The maximum absolute atomic E-state index is 14.4. The van der Waals surface area contributed by atoms with Crippen molar-refractivity contribution < 1.29 is 19.1 Å². The number of hydrogen-bond acceptors (Lipinski definition) is 4.